The van der Waals surface area contributed by atoms with E-state index in [9.17, 15) is 4.79 Å². The fraction of sp³-hybridized carbons (Fsp3) is 0.909. The third-order valence-electron chi connectivity index (χ3n) is 3.42. The topological polar surface area (TPSA) is 41.6 Å². The molecule has 5 heteroatoms. The first-order valence-electron chi connectivity index (χ1n) is 5.85. The van der Waals surface area contributed by atoms with Gasteiger partial charge in [0.1, 0.15) is 6.04 Å². The highest BCUT2D eigenvalue weighted by molar-refractivity contribution is 5.85. The van der Waals surface area contributed by atoms with Crippen LogP contribution in [0.1, 0.15) is 26.7 Å². The standard InChI is InChI=1S/C11H20N2O2.ClH/c1-8-4-3-6-13(8)11(14)10-9(2)15-7-5-12-10;/h8-10,12H,3-7H2,1-2H3;1H/t8?,9-,10+;/m1./s1. The molecule has 0 aromatic heterocycles. The lowest BCUT2D eigenvalue weighted by atomic mass is 10.1. The number of carbonyl (C=O) groups is 1. The van der Waals surface area contributed by atoms with Crippen LogP contribution < -0.4 is 5.32 Å². The summed E-state index contributed by atoms with van der Waals surface area (Å²) in [6.07, 6.45) is 2.27. The van der Waals surface area contributed by atoms with Crippen molar-refractivity contribution in [3.8, 4) is 0 Å². The molecule has 0 bridgehead atoms. The number of hydrogen-bond acceptors (Lipinski definition) is 3. The van der Waals surface area contributed by atoms with Crippen LogP contribution in [0.5, 0.6) is 0 Å². The van der Waals surface area contributed by atoms with Crippen LogP contribution in [-0.2, 0) is 9.53 Å². The lowest BCUT2D eigenvalue weighted by Gasteiger charge is -2.33. The molecule has 2 heterocycles. The summed E-state index contributed by atoms with van der Waals surface area (Å²) < 4.78 is 5.50. The van der Waals surface area contributed by atoms with E-state index >= 15 is 0 Å². The predicted molar refractivity (Wildman–Crippen MR) is 64.9 cm³/mol. The number of halogens is 1. The normalized spacial score (nSPS) is 34.6. The minimum Gasteiger partial charge on any atom is -0.375 e. The minimum atomic E-state index is -0.140. The monoisotopic (exact) mass is 248 g/mol. The average Bonchev–Trinajstić information content (AvgIpc) is 2.64. The summed E-state index contributed by atoms with van der Waals surface area (Å²) in [6, 6.07) is 0.257. The van der Waals surface area contributed by atoms with Gasteiger partial charge in [-0.05, 0) is 26.7 Å². The van der Waals surface area contributed by atoms with Crippen LogP contribution in [0.2, 0.25) is 0 Å². The summed E-state index contributed by atoms with van der Waals surface area (Å²) in [6.45, 7) is 6.49. The Kier molecular flexibility index (Phi) is 5.02. The molecule has 0 radical (unpaired) electrons. The quantitative estimate of drug-likeness (QED) is 0.746. The second-order valence-corrected chi connectivity index (χ2v) is 4.53. The third kappa shape index (κ3) is 2.67. The Hall–Kier alpha value is -0.320. The average molecular weight is 249 g/mol. The molecule has 0 aliphatic carbocycles. The number of amides is 1. The van der Waals surface area contributed by atoms with Crippen molar-refractivity contribution >= 4 is 18.3 Å². The number of carbonyl (C=O) groups excluding carboxylic acids is 1. The molecule has 1 unspecified atom stereocenters. The molecule has 0 aromatic rings. The van der Waals surface area contributed by atoms with Crippen molar-refractivity contribution in [2.45, 2.75) is 44.9 Å². The Morgan fingerprint density at radius 1 is 1.44 bits per heavy atom. The molecular formula is C11H21ClN2O2. The van der Waals surface area contributed by atoms with Gasteiger partial charge in [0.05, 0.1) is 12.7 Å². The molecule has 1 amide bonds. The molecule has 2 aliphatic heterocycles. The van der Waals surface area contributed by atoms with Crippen LogP contribution in [0.25, 0.3) is 0 Å². The van der Waals surface area contributed by atoms with E-state index in [0.29, 0.717) is 12.6 Å². The van der Waals surface area contributed by atoms with E-state index in [0.717, 1.165) is 25.9 Å². The first-order chi connectivity index (χ1) is 7.20. The van der Waals surface area contributed by atoms with Gasteiger partial charge in [-0.2, -0.15) is 0 Å². The molecule has 2 rings (SSSR count). The molecule has 0 aromatic carbocycles. The van der Waals surface area contributed by atoms with E-state index in [2.05, 4.69) is 12.2 Å². The SMILES string of the molecule is CC1CCCN1C(=O)[C@H]1NCCO[C@@H]1C.Cl. The maximum Gasteiger partial charge on any atom is 0.242 e. The van der Waals surface area contributed by atoms with Crippen molar-refractivity contribution in [1.82, 2.24) is 10.2 Å². The molecule has 1 N–H and O–H groups in total. The van der Waals surface area contributed by atoms with Gasteiger partial charge in [0, 0.05) is 19.1 Å². The molecule has 2 saturated heterocycles. The number of morpholine rings is 1. The Balaban J connectivity index is 0.00000128. The Morgan fingerprint density at radius 2 is 2.19 bits per heavy atom. The van der Waals surface area contributed by atoms with Crippen molar-refractivity contribution in [3.05, 3.63) is 0 Å². The number of nitrogens with zero attached hydrogens (tertiary/aromatic N) is 1. The highest BCUT2D eigenvalue weighted by atomic mass is 35.5. The molecule has 3 atom stereocenters. The first kappa shape index (κ1) is 13.7. The molecule has 0 saturated carbocycles. The maximum atomic E-state index is 12.2. The van der Waals surface area contributed by atoms with Crippen molar-refractivity contribution in [2.75, 3.05) is 19.7 Å². The second kappa shape index (κ2) is 5.84. The summed E-state index contributed by atoms with van der Waals surface area (Å²) in [4.78, 5) is 14.2. The lowest BCUT2D eigenvalue weighted by molar-refractivity contribution is -0.140. The van der Waals surface area contributed by atoms with Gasteiger partial charge < -0.3 is 15.0 Å². The van der Waals surface area contributed by atoms with Gasteiger partial charge in [-0.15, -0.1) is 12.4 Å². The zero-order chi connectivity index (χ0) is 10.8. The third-order valence-corrected chi connectivity index (χ3v) is 3.42. The van der Waals surface area contributed by atoms with Gasteiger partial charge in [0.15, 0.2) is 0 Å². The molecule has 2 aliphatic rings. The molecule has 2 fully saturated rings. The minimum absolute atomic E-state index is 0. The maximum absolute atomic E-state index is 12.2. The van der Waals surface area contributed by atoms with Gasteiger partial charge in [-0.3, -0.25) is 4.79 Å². The summed E-state index contributed by atoms with van der Waals surface area (Å²) in [5.41, 5.74) is 0. The summed E-state index contributed by atoms with van der Waals surface area (Å²) >= 11 is 0. The predicted octanol–water partition coefficient (Wildman–Crippen LogP) is 0.796. The number of likely N-dealkylation sites (tertiary alicyclic amines) is 1. The number of ether oxygens (including phenoxy) is 1. The number of nitrogens with one attached hydrogen (secondary N) is 1. The van der Waals surface area contributed by atoms with E-state index in [4.69, 9.17) is 4.74 Å². The van der Waals surface area contributed by atoms with Crippen LogP contribution >= 0.6 is 12.4 Å². The van der Waals surface area contributed by atoms with Crippen LogP contribution in [0.15, 0.2) is 0 Å². The van der Waals surface area contributed by atoms with Crippen LogP contribution in [-0.4, -0.2) is 48.7 Å². The highest BCUT2D eigenvalue weighted by Crippen LogP contribution is 2.19. The smallest absolute Gasteiger partial charge is 0.242 e. The molecular weight excluding hydrogens is 228 g/mol. The highest BCUT2D eigenvalue weighted by Gasteiger charge is 2.35. The van der Waals surface area contributed by atoms with Crippen LogP contribution in [0.3, 0.4) is 0 Å². The zero-order valence-corrected chi connectivity index (χ0v) is 10.8. The number of hydrogen-bond donors (Lipinski definition) is 1. The van der Waals surface area contributed by atoms with Crippen LogP contribution in [0, 0.1) is 0 Å². The first-order valence-corrected chi connectivity index (χ1v) is 5.85. The van der Waals surface area contributed by atoms with Crippen molar-refractivity contribution in [3.63, 3.8) is 0 Å². The fourth-order valence-corrected chi connectivity index (χ4v) is 2.45. The Bertz CT molecular complexity index is 250. The van der Waals surface area contributed by atoms with Crippen molar-refractivity contribution in [1.29, 1.82) is 0 Å². The van der Waals surface area contributed by atoms with Crippen LogP contribution in [0.4, 0.5) is 0 Å². The molecule has 94 valence electrons. The van der Waals surface area contributed by atoms with Gasteiger partial charge in [-0.1, -0.05) is 0 Å². The van der Waals surface area contributed by atoms with Gasteiger partial charge in [0.25, 0.3) is 0 Å². The zero-order valence-electron chi connectivity index (χ0n) is 9.94. The summed E-state index contributed by atoms with van der Waals surface area (Å²) in [5.74, 6) is 0.215. The fourth-order valence-electron chi connectivity index (χ4n) is 2.45. The Labute approximate surface area is 103 Å². The Morgan fingerprint density at radius 3 is 2.75 bits per heavy atom. The van der Waals surface area contributed by atoms with Gasteiger partial charge in [-0.25, -0.2) is 0 Å². The van der Waals surface area contributed by atoms with E-state index in [1.165, 1.54) is 0 Å². The number of rotatable bonds is 1. The van der Waals surface area contributed by atoms with E-state index in [-0.39, 0.29) is 30.5 Å². The summed E-state index contributed by atoms with van der Waals surface area (Å²) in [7, 11) is 0. The van der Waals surface area contributed by atoms with Crippen molar-refractivity contribution in [2.24, 2.45) is 0 Å². The van der Waals surface area contributed by atoms with Gasteiger partial charge in [0.2, 0.25) is 5.91 Å². The van der Waals surface area contributed by atoms with E-state index < -0.39 is 0 Å². The van der Waals surface area contributed by atoms with Crippen molar-refractivity contribution < 1.29 is 9.53 Å². The molecule has 4 nitrogen and oxygen atoms in total. The summed E-state index contributed by atoms with van der Waals surface area (Å²) in [5, 5.41) is 3.25. The van der Waals surface area contributed by atoms with E-state index in [1.807, 2.05) is 11.8 Å². The largest absolute Gasteiger partial charge is 0.375 e. The second-order valence-electron chi connectivity index (χ2n) is 4.53. The molecule has 0 spiro atoms. The van der Waals surface area contributed by atoms with E-state index in [1.54, 1.807) is 0 Å². The van der Waals surface area contributed by atoms with Gasteiger partial charge >= 0.3 is 0 Å². The molecule has 16 heavy (non-hydrogen) atoms. The lowest BCUT2D eigenvalue weighted by Crippen LogP contribution is -2.56.